The molecule has 0 saturated heterocycles. The molecule has 0 N–H and O–H groups in total. The normalized spacial score (nSPS) is 12.5. The summed E-state index contributed by atoms with van der Waals surface area (Å²) in [6.07, 6.45) is 3.65. The zero-order valence-corrected chi connectivity index (χ0v) is 13.6. The van der Waals surface area contributed by atoms with Crippen LogP contribution >= 0.6 is 0 Å². The summed E-state index contributed by atoms with van der Waals surface area (Å²) in [4.78, 5) is 6.30. The third-order valence-corrected chi connectivity index (χ3v) is 3.88. The largest absolute Gasteiger partial charge is 0.419 e. The van der Waals surface area contributed by atoms with Gasteiger partial charge in [-0.2, -0.15) is 0 Å². The highest BCUT2D eigenvalue weighted by Gasteiger charge is 2.19. The van der Waals surface area contributed by atoms with Crippen molar-refractivity contribution in [1.82, 2.24) is 20.1 Å². The molecule has 5 nitrogen and oxygen atoms in total. The van der Waals surface area contributed by atoms with Crippen molar-refractivity contribution in [3.8, 4) is 11.5 Å². The van der Waals surface area contributed by atoms with Crippen LogP contribution in [-0.4, -0.2) is 27.1 Å². The molecule has 5 heteroatoms. The zero-order valence-electron chi connectivity index (χ0n) is 13.6. The number of hydrogen-bond donors (Lipinski definition) is 0. The molecule has 0 aliphatic carbocycles. The predicted octanol–water partition coefficient (Wildman–Crippen LogP) is 3.63. The summed E-state index contributed by atoms with van der Waals surface area (Å²) in [5, 5.41) is 8.39. The first-order valence-corrected chi connectivity index (χ1v) is 7.63. The van der Waals surface area contributed by atoms with Gasteiger partial charge in [-0.25, -0.2) is 0 Å². The fourth-order valence-electron chi connectivity index (χ4n) is 2.40. The highest BCUT2D eigenvalue weighted by Crippen LogP contribution is 2.24. The van der Waals surface area contributed by atoms with Crippen molar-refractivity contribution >= 4 is 0 Å². The third-order valence-electron chi connectivity index (χ3n) is 3.88. The van der Waals surface area contributed by atoms with E-state index in [-0.39, 0.29) is 6.04 Å². The van der Waals surface area contributed by atoms with E-state index in [2.05, 4.69) is 33.1 Å². The van der Waals surface area contributed by atoms with Crippen LogP contribution in [0.1, 0.15) is 30.0 Å². The van der Waals surface area contributed by atoms with Crippen LogP contribution in [0.25, 0.3) is 11.5 Å². The van der Waals surface area contributed by atoms with Crippen LogP contribution in [0.5, 0.6) is 0 Å². The molecule has 0 saturated carbocycles. The summed E-state index contributed by atoms with van der Waals surface area (Å²) >= 11 is 0. The monoisotopic (exact) mass is 308 g/mol. The molecule has 2 heterocycles. The molecule has 0 amide bonds. The molecule has 3 rings (SSSR count). The lowest BCUT2D eigenvalue weighted by molar-refractivity contribution is 0.218. The average molecular weight is 308 g/mol. The lowest BCUT2D eigenvalue weighted by Crippen LogP contribution is -2.22. The first kappa shape index (κ1) is 15.4. The Balaban J connectivity index is 1.74. The Bertz CT molecular complexity index is 769. The molecule has 23 heavy (non-hydrogen) atoms. The van der Waals surface area contributed by atoms with Crippen LogP contribution in [0.4, 0.5) is 0 Å². The minimum Gasteiger partial charge on any atom is -0.419 e. The van der Waals surface area contributed by atoms with Crippen molar-refractivity contribution in [3.63, 3.8) is 0 Å². The summed E-state index contributed by atoms with van der Waals surface area (Å²) in [5.74, 6) is 1.18. The van der Waals surface area contributed by atoms with Gasteiger partial charge in [0.25, 0.3) is 0 Å². The highest BCUT2D eigenvalue weighted by molar-refractivity contribution is 5.53. The molecular formula is C18H20N4O. The Kier molecular flexibility index (Phi) is 4.48. The van der Waals surface area contributed by atoms with Crippen LogP contribution < -0.4 is 0 Å². The van der Waals surface area contributed by atoms with Crippen molar-refractivity contribution in [2.75, 3.05) is 7.05 Å². The second-order valence-corrected chi connectivity index (χ2v) is 5.77. The average Bonchev–Trinajstić information content (AvgIpc) is 3.05. The Morgan fingerprint density at radius 2 is 2.04 bits per heavy atom. The van der Waals surface area contributed by atoms with E-state index in [0.717, 1.165) is 17.7 Å². The van der Waals surface area contributed by atoms with Crippen molar-refractivity contribution in [3.05, 3.63) is 65.8 Å². The molecule has 0 fully saturated rings. The molecular weight excluding hydrogens is 288 g/mol. The number of aryl methyl sites for hydroxylation is 1. The maximum atomic E-state index is 5.87. The number of rotatable bonds is 5. The van der Waals surface area contributed by atoms with Gasteiger partial charge in [0.05, 0.1) is 6.04 Å². The molecule has 3 aromatic rings. The maximum Gasteiger partial charge on any atom is 0.247 e. The molecule has 0 spiro atoms. The number of pyridine rings is 1. The molecule has 0 bridgehead atoms. The molecule has 2 aromatic heterocycles. The van der Waals surface area contributed by atoms with Gasteiger partial charge < -0.3 is 4.42 Å². The zero-order chi connectivity index (χ0) is 16.2. The lowest BCUT2D eigenvalue weighted by Gasteiger charge is -2.21. The predicted molar refractivity (Wildman–Crippen MR) is 88.6 cm³/mol. The van der Waals surface area contributed by atoms with Crippen LogP contribution in [0.2, 0.25) is 0 Å². The van der Waals surface area contributed by atoms with Gasteiger partial charge in [-0.05, 0) is 44.7 Å². The van der Waals surface area contributed by atoms with E-state index in [1.54, 1.807) is 6.20 Å². The van der Waals surface area contributed by atoms with Crippen molar-refractivity contribution in [1.29, 1.82) is 0 Å². The van der Waals surface area contributed by atoms with Crippen molar-refractivity contribution in [2.24, 2.45) is 0 Å². The van der Waals surface area contributed by atoms with Crippen LogP contribution in [0.3, 0.4) is 0 Å². The minimum atomic E-state index is 0.0289. The van der Waals surface area contributed by atoms with E-state index >= 15 is 0 Å². The topological polar surface area (TPSA) is 55.1 Å². The highest BCUT2D eigenvalue weighted by atomic mass is 16.4. The number of benzene rings is 1. The molecule has 1 atom stereocenters. The Labute approximate surface area is 136 Å². The second-order valence-electron chi connectivity index (χ2n) is 5.77. The Morgan fingerprint density at radius 3 is 2.78 bits per heavy atom. The fourth-order valence-corrected chi connectivity index (χ4v) is 2.40. The van der Waals surface area contributed by atoms with E-state index in [1.807, 2.05) is 50.5 Å². The first-order valence-electron chi connectivity index (χ1n) is 7.63. The minimum absolute atomic E-state index is 0.0289. The van der Waals surface area contributed by atoms with Gasteiger partial charge >= 0.3 is 0 Å². The number of nitrogens with zero attached hydrogens (tertiary/aromatic N) is 4. The molecule has 0 radical (unpaired) electrons. The molecule has 1 unspecified atom stereocenters. The Hall–Kier alpha value is -2.53. The number of aromatic nitrogens is 3. The first-order chi connectivity index (χ1) is 11.1. The molecule has 118 valence electrons. The maximum absolute atomic E-state index is 5.87. The number of hydrogen-bond acceptors (Lipinski definition) is 5. The second kappa shape index (κ2) is 6.71. The SMILES string of the molecule is Cc1cccc(-c2nnc(C(C)N(C)Cc3cccnc3)o2)c1. The fraction of sp³-hybridized carbons (Fsp3) is 0.278. The quantitative estimate of drug-likeness (QED) is 0.720. The van der Waals surface area contributed by atoms with E-state index < -0.39 is 0 Å². The van der Waals surface area contributed by atoms with Gasteiger partial charge in [-0.3, -0.25) is 9.88 Å². The smallest absolute Gasteiger partial charge is 0.247 e. The van der Waals surface area contributed by atoms with Gasteiger partial charge in [0.1, 0.15) is 0 Å². The third kappa shape index (κ3) is 3.63. The standard InChI is InChI=1S/C18H20N4O/c1-13-6-4-8-16(10-13)18-21-20-17(23-18)14(2)22(3)12-15-7-5-9-19-11-15/h4-11,14H,12H2,1-3H3. The van der Waals surface area contributed by atoms with E-state index in [9.17, 15) is 0 Å². The molecule has 0 aliphatic rings. The lowest BCUT2D eigenvalue weighted by atomic mass is 10.1. The summed E-state index contributed by atoms with van der Waals surface area (Å²) in [6.45, 7) is 4.88. The Morgan fingerprint density at radius 1 is 1.17 bits per heavy atom. The van der Waals surface area contributed by atoms with Crippen LogP contribution in [0.15, 0.2) is 53.2 Å². The molecule has 0 aliphatic heterocycles. The van der Waals surface area contributed by atoms with Crippen LogP contribution in [0, 0.1) is 6.92 Å². The van der Waals surface area contributed by atoms with Gasteiger partial charge in [0.2, 0.25) is 11.8 Å². The van der Waals surface area contributed by atoms with E-state index in [1.165, 1.54) is 5.56 Å². The summed E-state index contributed by atoms with van der Waals surface area (Å²) < 4.78 is 5.87. The van der Waals surface area contributed by atoms with Crippen molar-refractivity contribution in [2.45, 2.75) is 26.4 Å². The summed E-state index contributed by atoms with van der Waals surface area (Å²) in [7, 11) is 2.04. The molecule has 1 aromatic carbocycles. The van der Waals surface area contributed by atoms with E-state index in [4.69, 9.17) is 4.42 Å². The van der Waals surface area contributed by atoms with Gasteiger partial charge in [-0.1, -0.05) is 23.8 Å². The summed E-state index contributed by atoms with van der Waals surface area (Å²) in [6, 6.07) is 12.1. The van der Waals surface area contributed by atoms with Gasteiger partial charge in [0, 0.05) is 24.5 Å². The summed E-state index contributed by atoms with van der Waals surface area (Å²) in [5.41, 5.74) is 3.27. The van der Waals surface area contributed by atoms with E-state index in [0.29, 0.717) is 11.8 Å². The van der Waals surface area contributed by atoms with Gasteiger partial charge in [-0.15, -0.1) is 10.2 Å². The van der Waals surface area contributed by atoms with Crippen LogP contribution in [-0.2, 0) is 6.54 Å². The van der Waals surface area contributed by atoms with Gasteiger partial charge in [0.15, 0.2) is 0 Å². The van der Waals surface area contributed by atoms with Crippen molar-refractivity contribution < 1.29 is 4.42 Å².